The zero-order valence-electron chi connectivity index (χ0n) is 28.3. The van der Waals surface area contributed by atoms with E-state index in [9.17, 15) is 0 Å². The van der Waals surface area contributed by atoms with E-state index in [-0.39, 0.29) is 0 Å². The van der Waals surface area contributed by atoms with Gasteiger partial charge >= 0.3 is 0 Å². The second-order valence-corrected chi connectivity index (χ2v) is 13.4. The molecule has 242 valence electrons. The normalized spacial score (nSPS) is 15.9. The number of nitrogens with zero attached hydrogens (tertiary/aromatic N) is 2. The number of aliphatic imine (C=N–C) groups is 1. The van der Waals surface area contributed by atoms with Crippen molar-refractivity contribution in [2.75, 3.05) is 6.54 Å². The van der Waals surface area contributed by atoms with Crippen molar-refractivity contribution in [2.24, 2.45) is 4.99 Å². The molecule has 2 aliphatic rings. The van der Waals surface area contributed by atoms with E-state index in [0.717, 1.165) is 22.8 Å². The minimum atomic E-state index is -0.509. The van der Waals surface area contributed by atoms with Crippen LogP contribution in [0.2, 0.25) is 0 Å². The molecule has 0 amide bonds. The van der Waals surface area contributed by atoms with Crippen molar-refractivity contribution >= 4 is 33.7 Å². The van der Waals surface area contributed by atoms with Crippen LogP contribution in [0.25, 0.3) is 55.8 Å². The first-order valence-electron chi connectivity index (χ1n) is 17.8. The number of allylic oxidation sites excluding steroid dienone is 1. The van der Waals surface area contributed by atoms with Crippen molar-refractivity contribution in [3.8, 4) is 27.9 Å². The van der Waals surface area contributed by atoms with E-state index < -0.39 is 5.41 Å². The molecule has 0 saturated carbocycles. The summed E-state index contributed by atoms with van der Waals surface area (Å²) in [7, 11) is 0. The third kappa shape index (κ3) is 4.34. The summed E-state index contributed by atoms with van der Waals surface area (Å²) in [6.07, 6.45) is 2.34. The van der Waals surface area contributed by atoms with Crippen LogP contribution in [0.1, 0.15) is 34.7 Å². The topological polar surface area (TPSA) is 29.3 Å². The molecule has 3 nitrogen and oxygen atoms in total. The van der Waals surface area contributed by atoms with Gasteiger partial charge in [-0.05, 0) is 87.8 Å². The molecule has 0 radical (unpaired) electrons. The second-order valence-electron chi connectivity index (χ2n) is 13.4. The number of fused-ring (bicyclic) bond motifs is 10. The predicted molar refractivity (Wildman–Crippen MR) is 213 cm³/mol. The lowest BCUT2D eigenvalue weighted by molar-refractivity contribution is 0.728. The first kappa shape index (κ1) is 29.5. The fourth-order valence-corrected chi connectivity index (χ4v) is 8.63. The molecule has 1 atom stereocenters. The van der Waals surface area contributed by atoms with Crippen LogP contribution in [-0.4, -0.2) is 16.9 Å². The maximum absolute atomic E-state index is 4.98. The summed E-state index contributed by atoms with van der Waals surface area (Å²) in [6, 6.07) is 61.7. The fraction of sp³-hybridized carbons (Fsp3) is 0.0625. The highest BCUT2D eigenvalue weighted by Crippen LogP contribution is 2.59. The monoisotopic (exact) mass is 653 g/mol. The third-order valence-corrected chi connectivity index (χ3v) is 10.8. The Kier molecular flexibility index (Phi) is 6.68. The van der Waals surface area contributed by atoms with Crippen LogP contribution in [0.5, 0.6) is 0 Å². The van der Waals surface area contributed by atoms with Gasteiger partial charge in [-0.1, -0.05) is 140 Å². The molecule has 10 rings (SSSR count). The summed E-state index contributed by atoms with van der Waals surface area (Å²) in [6.45, 7) is 2.78. The van der Waals surface area contributed by atoms with Crippen molar-refractivity contribution in [3.63, 3.8) is 0 Å². The standard InChI is InChI=1S/C48H35N3/c1-2-49-47(33-14-4-3-5-15-33)50-46-31-35-16-6-10-20-41(35)48(46)42-21-11-7-17-37(42)38-29-26-34(30-43(38)48)32-24-27-36(28-25-32)51-44-22-12-8-18-39(44)40-19-9-13-23-45(40)51/h3-31H,2H2,1H3,(H,49,50). The lowest BCUT2D eigenvalue weighted by Gasteiger charge is -2.33. The number of para-hydroxylation sites is 2. The van der Waals surface area contributed by atoms with Crippen molar-refractivity contribution in [3.05, 3.63) is 203 Å². The van der Waals surface area contributed by atoms with Gasteiger partial charge in [0.15, 0.2) is 0 Å². The van der Waals surface area contributed by atoms with E-state index >= 15 is 0 Å². The lowest BCUT2D eigenvalue weighted by atomic mass is 9.71. The van der Waals surface area contributed by atoms with E-state index in [1.807, 2.05) is 0 Å². The molecule has 0 fully saturated rings. The van der Waals surface area contributed by atoms with Crippen LogP contribution in [-0.2, 0) is 5.41 Å². The Morgan fingerprint density at radius 1 is 0.569 bits per heavy atom. The summed E-state index contributed by atoms with van der Waals surface area (Å²) in [5.74, 6) is 0.888. The quantitative estimate of drug-likeness (QED) is 0.145. The Balaban J connectivity index is 1.13. The number of amidine groups is 1. The van der Waals surface area contributed by atoms with Crippen molar-refractivity contribution in [2.45, 2.75) is 12.3 Å². The van der Waals surface area contributed by atoms with Gasteiger partial charge in [-0.15, -0.1) is 0 Å². The molecule has 7 aromatic carbocycles. The maximum Gasteiger partial charge on any atom is 0.132 e. The second kappa shape index (κ2) is 11.6. The van der Waals surface area contributed by atoms with Crippen LogP contribution in [0, 0.1) is 0 Å². The summed E-state index contributed by atoms with van der Waals surface area (Å²) >= 11 is 0. The van der Waals surface area contributed by atoms with E-state index in [0.29, 0.717) is 6.54 Å². The Morgan fingerprint density at radius 3 is 1.92 bits per heavy atom. The molecular formula is C48H35N3. The van der Waals surface area contributed by atoms with Gasteiger partial charge in [-0.2, -0.15) is 0 Å². The molecule has 0 saturated heterocycles. The van der Waals surface area contributed by atoms with Gasteiger partial charge in [-0.25, -0.2) is 0 Å². The van der Waals surface area contributed by atoms with E-state index in [1.54, 1.807) is 0 Å². The van der Waals surface area contributed by atoms with Crippen molar-refractivity contribution in [1.29, 1.82) is 0 Å². The zero-order valence-corrected chi connectivity index (χ0v) is 28.3. The highest BCUT2D eigenvalue weighted by atomic mass is 15.0. The van der Waals surface area contributed by atoms with E-state index in [1.165, 1.54) is 66.3 Å². The van der Waals surface area contributed by atoms with Gasteiger partial charge in [0.2, 0.25) is 0 Å². The summed E-state index contributed by atoms with van der Waals surface area (Å²) in [4.78, 5) is 4.98. The highest BCUT2D eigenvalue weighted by molar-refractivity contribution is 6.09. The summed E-state index contributed by atoms with van der Waals surface area (Å²) < 4.78 is 2.38. The van der Waals surface area contributed by atoms with Gasteiger partial charge in [0.25, 0.3) is 0 Å². The number of hydrogen-bond donors (Lipinski definition) is 1. The number of hydrogen-bond acceptors (Lipinski definition) is 1. The number of aromatic nitrogens is 1. The van der Waals surface area contributed by atoms with Crippen LogP contribution < -0.4 is 5.32 Å². The van der Waals surface area contributed by atoms with Gasteiger partial charge in [0.1, 0.15) is 5.84 Å². The third-order valence-electron chi connectivity index (χ3n) is 10.8. The number of nitrogens with one attached hydrogen (secondary N) is 1. The van der Waals surface area contributed by atoms with Gasteiger partial charge in [-0.3, -0.25) is 4.99 Å². The lowest BCUT2D eigenvalue weighted by Crippen LogP contribution is -2.37. The molecule has 1 unspecified atom stereocenters. The van der Waals surface area contributed by atoms with Gasteiger partial charge < -0.3 is 9.88 Å². The smallest absolute Gasteiger partial charge is 0.132 e. The Morgan fingerprint density at radius 2 is 1.18 bits per heavy atom. The molecule has 1 spiro atoms. The van der Waals surface area contributed by atoms with Crippen molar-refractivity contribution < 1.29 is 0 Å². The van der Waals surface area contributed by atoms with Gasteiger partial charge in [0.05, 0.1) is 16.4 Å². The summed E-state index contributed by atoms with van der Waals surface area (Å²) in [5.41, 5.74) is 15.3. The molecule has 51 heavy (non-hydrogen) atoms. The molecule has 1 aromatic heterocycles. The SMILES string of the molecule is CCN=C(NC1=Cc2ccccc2C12c1ccccc1-c1ccc(-c3ccc(-n4c5ccccc5c5ccccc54)cc3)cc12)c1ccccc1. The summed E-state index contributed by atoms with van der Waals surface area (Å²) in [5, 5.41) is 6.46. The molecule has 0 bridgehead atoms. The minimum Gasteiger partial charge on any atom is -0.342 e. The molecule has 2 aliphatic carbocycles. The molecular weight excluding hydrogens is 619 g/mol. The first-order valence-corrected chi connectivity index (χ1v) is 17.8. The molecule has 0 aliphatic heterocycles. The molecule has 1 N–H and O–H groups in total. The molecule has 3 heteroatoms. The van der Waals surface area contributed by atoms with Gasteiger partial charge in [0, 0.05) is 34.3 Å². The largest absolute Gasteiger partial charge is 0.342 e. The van der Waals surface area contributed by atoms with Crippen LogP contribution in [0.3, 0.4) is 0 Å². The van der Waals surface area contributed by atoms with Crippen LogP contribution in [0.4, 0.5) is 0 Å². The average molecular weight is 654 g/mol. The molecule has 1 heterocycles. The van der Waals surface area contributed by atoms with Crippen molar-refractivity contribution in [1.82, 2.24) is 9.88 Å². The predicted octanol–water partition coefficient (Wildman–Crippen LogP) is 11.2. The Hall–Kier alpha value is -6.45. The Labute approximate surface area is 297 Å². The van der Waals surface area contributed by atoms with E-state index in [2.05, 4.69) is 193 Å². The maximum atomic E-state index is 4.98. The minimum absolute atomic E-state index is 0.509. The first-order chi connectivity index (χ1) is 25.3. The van der Waals surface area contributed by atoms with E-state index in [4.69, 9.17) is 4.99 Å². The van der Waals surface area contributed by atoms with Crippen LogP contribution >= 0.6 is 0 Å². The molecule has 8 aromatic rings. The average Bonchev–Trinajstić information content (AvgIpc) is 3.81. The zero-order chi connectivity index (χ0) is 33.9. The fourth-order valence-electron chi connectivity index (χ4n) is 8.63. The van der Waals surface area contributed by atoms with Crippen LogP contribution in [0.15, 0.2) is 181 Å². The number of rotatable bonds is 5. The Bertz CT molecular complexity index is 2640. The highest BCUT2D eigenvalue weighted by Gasteiger charge is 2.51. The number of benzene rings is 7.